The zero-order valence-corrected chi connectivity index (χ0v) is 10.4. The van der Waals surface area contributed by atoms with Gasteiger partial charge in [0.1, 0.15) is 4.64 Å². The number of H-pyrrole nitrogens is 2. The summed E-state index contributed by atoms with van der Waals surface area (Å²) < 4.78 is 1.41. The third kappa shape index (κ3) is 2.00. The normalized spacial score (nSPS) is 10.5. The van der Waals surface area contributed by atoms with E-state index in [4.69, 9.17) is 12.2 Å². The van der Waals surface area contributed by atoms with E-state index in [9.17, 15) is 0 Å². The second kappa shape index (κ2) is 4.24. The van der Waals surface area contributed by atoms with Crippen molar-refractivity contribution in [2.24, 2.45) is 0 Å². The molecule has 0 atom stereocenters. The molecule has 2 heterocycles. The number of nitrogens with one attached hydrogen (secondary N) is 2. The summed E-state index contributed by atoms with van der Waals surface area (Å²) >= 11 is 8.56. The minimum atomic E-state index is 0.553. The molecule has 0 fully saturated rings. The van der Waals surface area contributed by atoms with Crippen molar-refractivity contribution in [3.8, 4) is 11.6 Å². The maximum absolute atomic E-state index is 5.15. The number of nitrogens with zero attached hydrogens (tertiary/aromatic N) is 2. The predicted octanol–water partition coefficient (Wildman–Crippen LogP) is 2.85. The molecule has 0 radical (unpaired) electrons. The van der Waals surface area contributed by atoms with Gasteiger partial charge in [0, 0.05) is 18.1 Å². The van der Waals surface area contributed by atoms with Crippen molar-refractivity contribution in [2.75, 3.05) is 0 Å². The molecule has 2 aromatic rings. The first kappa shape index (κ1) is 10.5. The van der Waals surface area contributed by atoms with Gasteiger partial charge in [-0.2, -0.15) is 0 Å². The fourth-order valence-corrected chi connectivity index (χ4v) is 1.94. The van der Waals surface area contributed by atoms with E-state index in [1.165, 1.54) is 0 Å². The molecule has 0 amide bonds. The van der Waals surface area contributed by atoms with Crippen LogP contribution in [0.5, 0.6) is 0 Å². The first-order valence-corrected chi connectivity index (χ1v) is 5.71. The molecule has 0 aliphatic heterocycles. The number of imidazole rings is 1. The summed E-state index contributed by atoms with van der Waals surface area (Å²) in [5.74, 6) is 1.37. The van der Waals surface area contributed by atoms with E-state index in [0.29, 0.717) is 16.3 Å². The van der Waals surface area contributed by atoms with Gasteiger partial charge < -0.3 is 9.97 Å². The molecule has 0 saturated heterocycles. The van der Waals surface area contributed by atoms with Gasteiger partial charge in [0.15, 0.2) is 11.6 Å². The summed E-state index contributed by atoms with van der Waals surface area (Å²) in [6.07, 6.45) is 4.30. The standard InChI is InChI=1S/C9H9BrN4S/c1-2-5-6(10)9(15)14-8(13-5)7-11-3-4-12-7/h3-4H,2H2,1H3,(H,11,12)(H,13,14,15). The number of hydrogen-bond acceptors (Lipinski definition) is 3. The van der Waals surface area contributed by atoms with E-state index in [0.717, 1.165) is 16.6 Å². The zero-order valence-electron chi connectivity index (χ0n) is 8.04. The first-order chi connectivity index (χ1) is 7.22. The third-order valence-corrected chi connectivity index (χ3v) is 3.42. The Morgan fingerprint density at radius 2 is 2.27 bits per heavy atom. The number of hydrogen-bond donors (Lipinski definition) is 2. The van der Waals surface area contributed by atoms with Crippen LogP contribution < -0.4 is 0 Å². The Balaban J connectivity index is 2.61. The Morgan fingerprint density at radius 3 is 2.87 bits per heavy atom. The van der Waals surface area contributed by atoms with Crippen molar-refractivity contribution in [1.82, 2.24) is 19.9 Å². The Morgan fingerprint density at radius 1 is 1.47 bits per heavy atom. The van der Waals surface area contributed by atoms with Crippen molar-refractivity contribution in [3.05, 3.63) is 27.2 Å². The molecule has 0 spiro atoms. The molecular formula is C9H9BrN4S. The van der Waals surface area contributed by atoms with Crippen LogP contribution in [-0.4, -0.2) is 19.9 Å². The lowest BCUT2D eigenvalue weighted by Crippen LogP contribution is -1.98. The number of halogens is 1. The van der Waals surface area contributed by atoms with Gasteiger partial charge in [0.2, 0.25) is 0 Å². The molecule has 78 valence electrons. The van der Waals surface area contributed by atoms with Crippen molar-refractivity contribution in [2.45, 2.75) is 13.3 Å². The van der Waals surface area contributed by atoms with Crippen molar-refractivity contribution in [1.29, 1.82) is 0 Å². The van der Waals surface area contributed by atoms with Crippen LogP contribution >= 0.6 is 28.1 Å². The summed E-state index contributed by atoms with van der Waals surface area (Å²) in [5, 5.41) is 0. The highest BCUT2D eigenvalue weighted by atomic mass is 79.9. The maximum Gasteiger partial charge on any atom is 0.175 e. The molecule has 2 rings (SSSR count). The fourth-order valence-electron chi connectivity index (χ4n) is 1.26. The molecule has 0 bridgehead atoms. The van der Waals surface area contributed by atoms with E-state index >= 15 is 0 Å². The molecule has 4 nitrogen and oxygen atoms in total. The third-order valence-electron chi connectivity index (χ3n) is 2.01. The molecule has 2 N–H and O–H groups in total. The molecular weight excluding hydrogens is 276 g/mol. The molecule has 0 unspecified atom stereocenters. The van der Waals surface area contributed by atoms with Crippen LogP contribution in [0.15, 0.2) is 16.9 Å². The minimum absolute atomic E-state index is 0.553. The Kier molecular flexibility index (Phi) is 2.97. The molecule has 6 heteroatoms. The summed E-state index contributed by atoms with van der Waals surface area (Å²) in [4.78, 5) is 14.5. The second-order valence-electron chi connectivity index (χ2n) is 2.97. The highest BCUT2D eigenvalue weighted by Gasteiger charge is 2.07. The molecule has 0 aliphatic carbocycles. The number of aromatic nitrogens is 4. The highest BCUT2D eigenvalue weighted by molar-refractivity contribution is 9.10. The fraction of sp³-hybridized carbons (Fsp3) is 0.222. The highest BCUT2D eigenvalue weighted by Crippen LogP contribution is 2.19. The van der Waals surface area contributed by atoms with Gasteiger partial charge in [-0.3, -0.25) is 0 Å². The van der Waals surface area contributed by atoms with Gasteiger partial charge >= 0.3 is 0 Å². The largest absolute Gasteiger partial charge is 0.342 e. The van der Waals surface area contributed by atoms with Crippen LogP contribution in [0.25, 0.3) is 11.6 Å². The second-order valence-corrected chi connectivity index (χ2v) is 4.15. The summed E-state index contributed by atoms with van der Waals surface area (Å²) in [6.45, 7) is 2.05. The first-order valence-electron chi connectivity index (χ1n) is 4.50. The van der Waals surface area contributed by atoms with Crippen LogP contribution in [0.4, 0.5) is 0 Å². The predicted molar refractivity (Wildman–Crippen MR) is 64.1 cm³/mol. The van der Waals surface area contributed by atoms with Crippen molar-refractivity contribution in [3.63, 3.8) is 0 Å². The molecule has 15 heavy (non-hydrogen) atoms. The van der Waals surface area contributed by atoms with Crippen LogP contribution in [0.2, 0.25) is 0 Å². The topological polar surface area (TPSA) is 57.4 Å². The van der Waals surface area contributed by atoms with Crippen LogP contribution in [0.3, 0.4) is 0 Å². The van der Waals surface area contributed by atoms with E-state index in [1.807, 2.05) is 0 Å². The molecule has 2 aromatic heterocycles. The number of aryl methyl sites for hydroxylation is 1. The maximum atomic E-state index is 5.15. The summed E-state index contributed by atoms with van der Waals surface area (Å²) in [5.41, 5.74) is 1.03. The smallest absolute Gasteiger partial charge is 0.175 e. The van der Waals surface area contributed by atoms with Crippen molar-refractivity contribution < 1.29 is 0 Å². The Labute approximate surface area is 100 Å². The average Bonchev–Trinajstić information content (AvgIpc) is 2.75. The Bertz CT molecular complexity index is 517. The molecule has 0 aromatic carbocycles. The van der Waals surface area contributed by atoms with E-state index in [2.05, 4.69) is 42.8 Å². The lowest BCUT2D eigenvalue weighted by atomic mass is 10.3. The van der Waals surface area contributed by atoms with Crippen LogP contribution in [0.1, 0.15) is 12.6 Å². The number of aromatic amines is 2. The van der Waals surface area contributed by atoms with Crippen LogP contribution in [0, 0.1) is 4.64 Å². The summed E-state index contributed by atoms with van der Waals surface area (Å²) in [7, 11) is 0. The molecule has 0 aliphatic rings. The van der Waals surface area contributed by atoms with E-state index < -0.39 is 0 Å². The lowest BCUT2D eigenvalue weighted by molar-refractivity contribution is 0.972. The zero-order chi connectivity index (χ0) is 10.8. The van der Waals surface area contributed by atoms with Crippen molar-refractivity contribution >= 4 is 28.1 Å². The van der Waals surface area contributed by atoms with Gasteiger partial charge in [-0.15, -0.1) is 0 Å². The number of rotatable bonds is 2. The van der Waals surface area contributed by atoms with Crippen LogP contribution in [-0.2, 0) is 6.42 Å². The summed E-state index contributed by atoms with van der Waals surface area (Å²) in [6, 6.07) is 0. The van der Waals surface area contributed by atoms with E-state index in [-0.39, 0.29) is 0 Å². The van der Waals surface area contributed by atoms with Gasteiger partial charge in [0.05, 0.1) is 4.47 Å². The monoisotopic (exact) mass is 284 g/mol. The lowest BCUT2D eigenvalue weighted by Gasteiger charge is -2.04. The van der Waals surface area contributed by atoms with Gasteiger partial charge in [0.25, 0.3) is 0 Å². The average molecular weight is 285 g/mol. The molecule has 0 saturated carbocycles. The quantitative estimate of drug-likeness (QED) is 0.834. The minimum Gasteiger partial charge on any atom is -0.342 e. The Hall–Kier alpha value is -1.01. The SMILES string of the molecule is CCc1[nH]c(-c2ncc[nH]2)nc(=S)c1Br. The van der Waals surface area contributed by atoms with Gasteiger partial charge in [-0.1, -0.05) is 19.1 Å². The van der Waals surface area contributed by atoms with Gasteiger partial charge in [-0.25, -0.2) is 9.97 Å². The van der Waals surface area contributed by atoms with Gasteiger partial charge in [-0.05, 0) is 22.4 Å². The van der Waals surface area contributed by atoms with E-state index in [1.54, 1.807) is 12.4 Å².